The number of aryl methyl sites for hydroxylation is 1. The molecule has 1 N–H and O–H groups in total. The van der Waals surface area contributed by atoms with Gasteiger partial charge in [-0.25, -0.2) is 8.42 Å². The molecule has 0 spiro atoms. The Bertz CT molecular complexity index is 772. The van der Waals surface area contributed by atoms with Gasteiger partial charge in [-0.1, -0.05) is 29.3 Å². The Morgan fingerprint density at radius 1 is 1.29 bits per heavy atom. The number of sulfonamides is 1. The van der Waals surface area contributed by atoms with Crippen molar-refractivity contribution in [3.05, 3.63) is 38.5 Å². The van der Waals surface area contributed by atoms with Gasteiger partial charge < -0.3 is 5.11 Å². The third-order valence-corrected chi connectivity index (χ3v) is 6.58. The average molecular weight is 366 g/mol. The molecule has 1 aromatic heterocycles. The molecule has 0 saturated heterocycles. The first-order valence-electron chi connectivity index (χ1n) is 6.04. The summed E-state index contributed by atoms with van der Waals surface area (Å²) in [6.45, 7) is 3.69. The van der Waals surface area contributed by atoms with E-state index in [-0.39, 0.29) is 21.5 Å². The van der Waals surface area contributed by atoms with Crippen molar-refractivity contribution in [1.29, 1.82) is 0 Å². The maximum absolute atomic E-state index is 12.8. The van der Waals surface area contributed by atoms with Crippen LogP contribution in [0.1, 0.15) is 12.5 Å². The van der Waals surface area contributed by atoms with Crippen LogP contribution in [0.4, 0.5) is 5.69 Å². The number of hydrogen-bond donors (Lipinski definition) is 1. The number of thiophene rings is 1. The van der Waals surface area contributed by atoms with Gasteiger partial charge in [0.1, 0.15) is 15.0 Å². The highest BCUT2D eigenvalue weighted by atomic mass is 35.5. The first kappa shape index (κ1) is 16.4. The molecule has 1 heterocycles. The summed E-state index contributed by atoms with van der Waals surface area (Å²) in [4.78, 5) is -0.0243. The fourth-order valence-electron chi connectivity index (χ4n) is 1.96. The lowest BCUT2D eigenvalue weighted by Crippen LogP contribution is -2.31. The molecule has 8 heteroatoms. The lowest BCUT2D eigenvalue weighted by molar-refractivity contribution is 0.475. The van der Waals surface area contributed by atoms with Gasteiger partial charge in [0.2, 0.25) is 0 Å². The Kier molecular flexibility index (Phi) is 4.72. The number of halogens is 2. The molecular weight excluding hydrogens is 353 g/mol. The number of phenolic OH excluding ortho intramolecular Hbond substituents is 1. The zero-order chi connectivity index (χ0) is 15.8. The number of benzene rings is 1. The van der Waals surface area contributed by atoms with Gasteiger partial charge in [0, 0.05) is 12.6 Å². The summed E-state index contributed by atoms with van der Waals surface area (Å²) in [6, 6.07) is 5.92. The summed E-state index contributed by atoms with van der Waals surface area (Å²) >= 11 is 12.8. The van der Waals surface area contributed by atoms with Crippen LogP contribution in [0.3, 0.4) is 0 Å². The van der Waals surface area contributed by atoms with Crippen molar-refractivity contribution in [3.8, 4) is 5.75 Å². The largest absolute Gasteiger partial charge is 0.508 e. The number of aromatic hydroxyl groups is 1. The van der Waals surface area contributed by atoms with Crippen molar-refractivity contribution in [3.63, 3.8) is 0 Å². The van der Waals surface area contributed by atoms with Gasteiger partial charge in [0.15, 0.2) is 0 Å². The second-order valence-electron chi connectivity index (χ2n) is 4.33. The molecule has 4 nitrogen and oxygen atoms in total. The molecule has 0 saturated carbocycles. The molecule has 0 aliphatic carbocycles. The number of hydrogen-bond acceptors (Lipinski definition) is 4. The molecule has 114 valence electrons. The second kappa shape index (κ2) is 6.04. The molecule has 0 aliphatic rings. The van der Waals surface area contributed by atoms with Crippen LogP contribution in [0.15, 0.2) is 29.2 Å². The third kappa shape index (κ3) is 3.13. The molecule has 0 bridgehead atoms. The first-order chi connectivity index (χ1) is 9.77. The number of rotatable bonds is 4. The highest BCUT2D eigenvalue weighted by molar-refractivity contribution is 7.93. The van der Waals surface area contributed by atoms with Gasteiger partial charge in [0.05, 0.1) is 10.0 Å². The Morgan fingerprint density at radius 3 is 2.48 bits per heavy atom. The van der Waals surface area contributed by atoms with E-state index >= 15 is 0 Å². The normalized spacial score (nSPS) is 11.6. The third-order valence-electron chi connectivity index (χ3n) is 2.94. The Balaban J connectivity index is 2.60. The summed E-state index contributed by atoms with van der Waals surface area (Å²) in [7, 11) is -3.84. The minimum absolute atomic E-state index is 0.00121. The fourth-order valence-corrected chi connectivity index (χ4v) is 5.60. The van der Waals surface area contributed by atoms with Crippen LogP contribution >= 0.6 is 34.5 Å². The summed E-state index contributed by atoms with van der Waals surface area (Å²) in [5, 5.41) is 9.61. The van der Waals surface area contributed by atoms with Crippen LogP contribution < -0.4 is 4.31 Å². The predicted octanol–water partition coefficient (Wildman–Crippen LogP) is 4.28. The summed E-state index contributed by atoms with van der Waals surface area (Å²) in [5.74, 6) is -0.00121. The van der Waals surface area contributed by atoms with Crippen LogP contribution in [-0.2, 0) is 10.0 Å². The van der Waals surface area contributed by atoms with Gasteiger partial charge in [-0.05, 0) is 31.5 Å². The molecule has 0 fully saturated rings. The first-order valence-corrected chi connectivity index (χ1v) is 9.05. The molecule has 0 radical (unpaired) electrons. The van der Waals surface area contributed by atoms with E-state index in [9.17, 15) is 13.5 Å². The van der Waals surface area contributed by atoms with Crippen molar-refractivity contribution in [2.75, 3.05) is 10.8 Å². The van der Waals surface area contributed by atoms with Crippen molar-refractivity contribution in [1.82, 2.24) is 0 Å². The summed E-state index contributed by atoms with van der Waals surface area (Å²) in [6.07, 6.45) is 0. The topological polar surface area (TPSA) is 57.6 Å². The molecule has 0 unspecified atom stereocenters. The minimum Gasteiger partial charge on any atom is -0.508 e. The van der Waals surface area contributed by atoms with Crippen molar-refractivity contribution in [2.24, 2.45) is 0 Å². The van der Waals surface area contributed by atoms with Crippen LogP contribution in [0.25, 0.3) is 0 Å². The summed E-state index contributed by atoms with van der Waals surface area (Å²) < 4.78 is 27.2. The van der Waals surface area contributed by atoms with Gasteiger partial charge in [-0.3, -0.25) is 4.31 Å². The quantitative estimate of drug-likeness (QED) is 0.879. The Labute approximate surface area is 137 Å². The second-order valence-corrected chi connectivity index (χ2v) is 8.45. The molecule has 2 rings (SSSR count). The lowest BCUT2D eigenvalue weighted by Gasteiger charge is -2.24. The average Bonchev–Trinajstić information content (AvgIpc) is 2.74. The Morgan fingerprint density at radius 2 is 1.95 bits per heavy atom. The number of anilines is 1. The van der Waals surface area contributed by atoms with E-state index in [1.807, 2.05) is 0 Å². The van der Waals surface area contributed by atoms with E-state index in [0.717, 1.165) is 16.9 Å². The van der Waals surface area contributed by atoms with Gasteiger partial charge in [-0.15, -0.1) is 11.3 Å². The van der Waals surface area contributed by atoms with Crippen molar-refractivity contribution >= 4 is 50.2 Å². The van der Waals surface area contributed by atoms with E-state index in [1.54, 1.807) is 19.9 Å². The highest BCUT2D eigenvalue weighted by Crippen LogP contribution is 2.38. The molecule has 2 aromatic rings. The molecule has 21 heavy (non-hydrogen) atoms. The van der Waals surface area contributed by atoms with Gasteiger partial charge in [0.25, 0.3) is 10.0 Å². The van der Waals surface area contributed by atoms with Gasteiger partial charge in [-0.2, -0.15) is 0 Å². The number of phenols is 1. The lowest BCUT2D eigenvalue weighted by atomic mass is 10.2. The maximum Gasteiger partial charge on any atom is 0.266 e. The van der Waals surface area contributed by atoms with E-state index in [2.05, 4.69) is 0 Å². The van der Waals surface area contributed by atoms with E-state index in [4.69, 9.17) is 23.2 Å². The fraction of sp³-hybridized carbons (Fsp3) is 0.231. The molecule has 0 atom stereocenters. The standard InChI is InChI=1S/C13H13Cl2NO3S2/c1-3-16(10-6-9(17)5-4-8(10)2)21(18,19)11-7-12(14)20-13(11)15/h4-7,17H,3H2,1-2H3. The minimum atomic E-state index is -3.84. The van der Waals surface area contributed by atoms with Crippen molar-refractivity contribution in [2.45, 2.75) is 18.7 Å². The monoisotopic (exact) mass is 365 g/mol. The van der Waals surface area contributed by atoms with Crippen LogP contribution in [0, 0.1) is 6.92 Å². The van der Waals surface area contributed by atoms with Crippen LogP contribution in [-0.4, -0.2) is 20.1 Å². The van der Waals surface area contributed by atoms with E-state index in [0.29, 0.717) is 10.0 Å². The van der Waals surface area contributed by atoms with Crippen LogP contribution in [0.5, 0.6) is 5.75 Å². The molecular formula is C13H13Cl2NO3S2. The zero-order valence-corrected chi connectivity index (χ0v) is 14.4. The Hall–Kier alpha value is -0.950. The smallest absolute Gasteiger partial charge is 0.266 e. The summed E-state index contributed by atoms with van der Waals surface area (Å²) in [5.41, 5.74) is 1.14. The maximum atomic E-state index is 12.8. The van der Waals surface area contributed by atoms with Crippen LogP contribution in [0.2, 0.25) is 8.67 Å². The SMILES string of the molecule is CCN(c1cc(O)ccc1C)S(=O)(=O)c1cc(Cl)sc1Cl. The molecule has 0 aliphatic heterocycles. The zero-order valence-electron chi connectivity index (χ0n) is 11.3. The van der Waals surface area contributed by atoms with E-state index < -0.39 is 10.0 Å². The predicted molar refractivity (Wildman–Crippen MR) is 87.4 cm³/mol. The van der Waals surface area contributed by atoms with Crippen molar-refractivity contribution < 1.29 is 13.5 Å². The van der Waals surface area contributed by atoms with E-state index in [1.165, 1.54) is 22.5 Å². The number of nitrogens with zero attached hydrogens (tertiary/aromatic N) is 1. The molecule has 0 amide bonds. The molecule has 1 aromatic carbocycles. The highest BCUT2D eigenvalue weighted by Gasteiger charge is 2.29. The van der Waals surface area contributed by atoms with Gasteiger partial charge >= 0.3 is 0 Å².